The third kappa shape index (κ3) is 1.82. The van der Waals surface area contributed by atoms with Crippen LogP contribution in [0.1, 0.15) is 10.4 Å². The lowest BCUT2D eigenvalue weighted by Gasteiger charge is -2.01. The minimum absolute atomic E-state index is 0.499. The van der Waals surface area contributed by atoms with E-state index in [4.69, 9.17) is 0 Å². The van der Waals surface area contributed by atoms with Gasteiger partial charge < -0.3 is 0 Å². The Bertz CT molecular complexity index is 319. The zero-order chi connectivity index (χ0) is 10.0. The van der Waals surface area contributed by atoms with E-state index in [-0.39, 0.29) is 0 Å². The van der Waals surface area contributed by atoms with Crippen LogP contribution in [0, 0.1) is 11.6 Å². The summed E-state index contributed by atoms with van der Waals surface area (Å²) < 4.78 is 48.8. The summed E-state index contributed by atoms with van der Waals surface area (Å²) in [5, 5.41) is 0. The molecule has 0 spiro atoms. The minimum Gasteiger partial charge on any atom is -0.287 e. The lowest BCUT2D eigenvalue weighted by Crippen LogP contribution is -2.14. The number of alkyl halides is 2. The molecule has 0 aliphatic carbocycles. The number of nitrogens with zero attached hydrogens (tertiary/aromatic N) is 1. The van der Waals surface area contributed by atoms with Gasteiger partial charge in [-0.25, -0.2) is 17.6 Å². The molecule has 1 aromatic rings. The molecule has 0 unspecified atom stereocenters. The molecule has 0 aromatic carbocycles. The summed E-state index contributed by atoms with van der Waals surface area (Å²) in [5.41, 5.74) is -1.25. The van der Waals surface area contributed by atoms with Crippen molar-refractivity contribution < 1.29 is 22.4 Å². The van der Waals surface area contributed by atoms with Crippen molar-refractivity contribution in [3.8, 4) is 0 Å². The SMILES string of the molecule is O=C(c1c(F)cncc1F)C(F)F. The standard InChI is InChI=1S/C7H3F4NO/c8-3-1-12-2-4(9)5(3)6(13)7(10)11/h1-2,7H. The van der Waals surface area contributed by atoms with Crippen molar-refractivity contribution in [1.82, 2.24) is 4.98 Å². The lowest BCUT2D eigenvalue weighted by molar-refractivity contribution is 0.0669. The Labute approximate surface area is 70.2 Å². The average Bonchev–Trinajstić information content (AvgIpc) is 2.03. The smallest absolute Gasteiger partial charge is 0.287 e. The number of rotatable bonds is 2. The fourth-order valence-electron chi connectivity index (χ4n) is 0.756. The number of pyridine rings is 1. The molecular weight excluding hydrogens is 190 g/mol. The predicted molar refractivity (Wildman–Crippen MR) is 34.5 cm³/mol. The van der Waals surface area contributed by atoms with E-state index in [1.54, 1.807) is 0 Å². The maximum Gasteiger partial charge on any atom is 0.300 e. The summed E-state index contributed by atoms with van der Waals surface area (Å²) in [6, 6.07) is 0. The molecule has 0 atom stereocenters. The zero-order valence-corrected chi connectivity index (χ0v) is 6.10. The van der Waals surface area contributed by atoms with Gasteiger partial charge in [-0.05, 0) is 0 Å². The number of ketones is 1. The number of hydrogen-bond acceptors (Lipinski definition) is 2. The highest BCUT2D eigenvalue weighted by Crippen LogP contribution is 2.14. The van der Waals surface area contributed by atoms with Gasteiger partial charge in [-0.2, -0.15) is 0 Å². The maximum absolute atomic E-state index is 12.6. The summed E-state index contributed by atoms with van der Waals surface area (Å²) in [4.78, 5) is 13.6. The quantitative estimate of drug-likeness (QED) is 0.529. The van der Waals surface area contributed by atoms with Crippen LogP contribution in [0.3, 0.4) is 0 Å². The topological polar surface area (TPSA) is 30.0 Å². The Hall–Kier alpha value is -1.46. The van der Waals surface area contributed by atoms with E-state index in [1.807, 2.05) is 0 Å². The van der Waals surface area contributed by atoms with Gasteiger partial charge in [0.25, 0.3) is 0 Å². The molecule has 2 nitrogen and oxygen atoms in total. The molecular formula is C7H3F4NO. The monoisotopic (exact) mass is 193 g/mol. The summed E-state index contributed by atoms with van der Waals surface area (Å²) >= 11 is 0. The Balaban J connectivity index is 3.20. The van der Waals surface area contributed by atoms with Gasteiger partial charge in [-0.1, -0.05) is 0 Å². The molecule has 70 valence electrons. The summed E-state index contributed by atoms with van der Waals surface area (Å²) in [6.07, 6.45) is -2.43. The Morgan fingerprint density at radius 1 is 1.23 bits per heavy atom. The van der Waals surface area contributed by atoms with Crippen LogP contribution in [0.4, 0.5) is 17.6 Å². The van der Waals surface area contributed by atoms with E-state index in [9.17, 15) is 22.4 Å². The molecule has 0 amide bonds. The van der Waals surface area contributed by atoms with E-state index in [1.165, 1.54) is 0 Å². The summed E-state index contributed by atoms with van der Waals surface area (Å²) in [7, 11) is 0. The summed E-state index contributed by atoms with van der Waals surface area (Å²) in [6.45, 7) is 0. The van der Waals surface area contributed by atoms with Crippen molar-refractivity contribution in [3.05, 3.63) is 29.6 Å². The Morgan fingerprint density at radius 3 is 2.08 bits per heavy atom. The van der Waals surface area contributed by atoms with E-state index < -0.39 is 29.4 Å². The molecule has 0 bridgehead atoms. The molecule has 0 saturated heterocycles. The van der Waals surface area contributed by atoms with E-state index in [2.05, 4.69) is 4.98 Å². The van der Waals surface area contributed by atoms with Gasteiger partial charge in [0.05, 0.1) is 18.0 Å². The van der Waals surface area contributed by atoms with Gasteiger partial charge in [-0.3, -0.25) is 9.78 Å². The van der Waals surface area contributed by atoms with Crippen LogP contribution in [0.2, 0.25) is 0 Å². The minimum atomic E-state index is -3.42. The third-order valence-electron chi connectivity index (χ3n) is 1.30. The number of hydrogen-bond donors (Lipinski definition) is 0. The molecule has 1 rings (SSSR count). The molecule has 1 aromatic heterocycles. The molecule has 0 saturated carbocycles. The number of Topliss-reactive ketones (excluding diaryl/α,β-unsaturated/α-hetero) is 1. The van der Waals surface area contributed by atoms with E-state index >= 15 is 0 Å². The van der Waals surface area contributed by atoms with Crippen molar-refractivity contribution in [1.29, 1.82) is 0 Å². The first kappa shape index (κ1) is 9.63. The van der Waals surface area contributed by atoms with E-state index in [0.29, 0.717) is 12.4 Å². The molecule has 0 N–H and O–H groups in total. The number of halogens is 4. The van der Waals surface area contributed by atoms with Crippen molar-refractivity contribution in [2.45, 2.75) is 6.43 Å². The van der Waals surface area contributed by atoms with Gasteiger partial charge in [0.15, 0.2) is 11.6 Å². The Kier molecular flexibility index (Phi) is 2.60. The van der Waals surface area contributed by atoms with Gasteiger partial charge in [0.1, 0.15) is 0 Å². The van der Waals surface area contributed by atoms with Gasteiger partial charge in [-0.15, -0.1) is 0 Å². The number of carbonyl (C=O) groups excluding carboxylic acids is 1. The van der Waals surface area contributed by atoms with Crippen LogP contribution in [-0.2, 0) is 0 Å². The van der Waals surface area contributed by atoms with Crippen LogP contribution in [0.15, 0.2) is 12.4 Å². The average molecular weight is 193 g/mol. The molecule has 0 aliphatic rings. The first-order valence-corrected chi connectivity index (χ1v) is 3.15. The summed E-state index contributed by atoms with van der Waals surface area (Å²) in [5.74, 6) is -4.65. The van der Waals surface area contributed by atoms with Gasteiger partial charge in [0, 0.05) is 0 Å². The van der Waals surface area contributed by atoms with Gasteiger partial charge in [0.2, 0.25) is 5.78 Å². The fraction of sp³-hybridized carbons (Fsp3) is 0.143. The third-order valence-corrected chi connectivity index (χ3v) is 1.30. The van der Waals surface area contributed by atoms with Crippen molar-refractivity contribution in [2.24, 2.45) is 0 Å². The van der Waals surface area contributed by atoms with Crippen LogP contribution >= 0.6 is 0 Å². The fourth-order valence-corrected chi connectivity index (χ4v) is 0.756. The van der Waals surface area contributed by atoms with Crippen LogP contribution in [0.25, 0.3) is 0 Å². The molecule has 1 heterocycles. The number of aromatic nitrogens is 1. The van der Waals surface area contributed by atoms with Crippen LogP contribution in [-0.4, -0.2) is 17.2 Å². The van der Waals surface area contributed by atoms with Crippen LogP contribution in [0.5, 0.6) is 0 Å². The van der Waals surface area contributed by atoms with Crippen LogP contribution < -0.4 is 0 Å². The molecule has 0 fully saturated rings. The Morgan fingerprint density at radius 2 is 1.69 bits per heavy atom. The second-order valence-electron chi connectivity index (χ2n) is 2.14. The first-order valence-electron chi connectivity index (χ1n) is 3.15. The lowest BCUT2D eigenvalue weighted by atomic mass is 10.1. The maximum atomic E-state index is 12.6. The molecule has 0 aliphatic heterocycles. The molecule has 13 heavy (non-hydrogen) atoms. The molecule has 6 heteroatoms. The highest BCUT2D eigenvalue weighted by molar-refractivity contribution is 5.98. The highest BCUT2D eigenvalue weighted by atomic mass is 19.3. The number of carbonyl (C=O) groups is 1. The first-order chi connectivity index (χ1) is 6.04. The van der Waals surface area contributed by atoms with Gasteiger partial charge >= 0.3 is 6.43 Å². The van der Waals surface area contributed by atoms with Crippen molar-refractivity contribution in [2.75, 3.05) is 0 Å². The normalized spacial score (nSPS) is 10.5. The second kappa shape index (κ2) is 3.51. The molecule has 0 radical (unpaired) electrons. The zero-order valence-electron chi connectivity index (χ0n) is 6.10. The largest absolute Gasteiger partial charge is 0.300 e. The second-order valence-corrected chi connectivity index (χ2v) is 2.14. The van der Waals surface area contributed by atoms with E-state index in [0.717, 1.165) is 0 Å². The predicted octanol–water partition coefficient (Wildman–Crippen LogP) is 1.81. The van der Waals surface area contributed by atoms with Crippen molar-refractivity contribution in [3.63, 3.8) is 0 Å². The van der Waals surface area contributed by atoms with Crippen molar-refractivity contribution >= 4 is 5.78 Å². The highest BCUT2D eigenvalue weighted by Gasteiger charge is 2.25.